The third kappa shape index (κ3) is 2.76. The highest BCUT2D eigenvalue weighted by Crippen LogP contribution is 2.34. The Morgan fingerprint density at radius 2 is 1.88 bits per heavy atom. The Bertz CT molecular complexity index is 1080. The zero-order valence-electron chi connectivity index (χ0n) is 13.2. The average molecular weight is 384 g/mol. The number of thiazole rings is 1. The summed E-state index contributed by atoms with van der Waals surface area (Å²) in [5, 5.41) is 17.1. The lowest BCUT2D eigenvalue weighted by Gasteiger charge is -2.27. The van der Waals surface area contributed by atoms with Crippen LogP contribution >= 0.6 is 23.6 Å². The minimum absolute atomic E-state index is 0.0328. The van der Waals surface area contributed by atoms with Gasteiger partial charge in [-0.3, -0.25) is 19.5 Å². The van der Waals surface area contributed by atoms with Crippen molar-refractivity contribution < 1.29 is 9.72 Å². The number of para-hydroxylation sites is 1. The summed E-state index contributed by atoms with van der Waals surface area (Å²) < 4.78 is 2.35. The maximum Gasteiger partial charge on any atom is 0.269 e. The largest absolute Gasteiger partial charge is 0.346 e. The number of hydrogen-bond acceptors (Lipinski definition) is 6. The molecule has 0 radical (unpaired) electrons. The fourth-order valence-electron chi connectivity index (χ4n) is 2.82. The van der Waals surface area contributed by atoms with Gasteiger partial charge in [-0.25, -0.2) is 0 Å². The van der Waals surface area contributed by atoms with Gasteiger partial charge in [-0.15, -0.1) is 0 Å². The van der Waals surface area contributed by atoms with E-state index in [1.807, 2.05) is 30.3 Å². The molecule has 0 fully saturated rings. The van der Waals surface area contributed by atoms with E-state index < -0.39 is 11.1 Å². The molecule has 2 aromatic carbocycles. The zero-order valence-corrected chi connectivity index (χ0v) is 14.8. The summed E-state index contributed by atoms with van der Waals surface area (Å²) in [6, 6.07) is 15.7. The van der Waals surface area contributed by atoms with E-state index in [0.717, 1.165) is 5.69 Å². The molecule has 26 heavy (non-hydrogen) atoms. The molecule has 1 aromatic heterocycles. The predicted molar refractivity (Wildman–Crippen MR) is 101 cm³/mol. The number of benzene rings is 2. The van der Waals surface area contributed by atoms with E-state index in [2.05, 4.69) is 10.6 Å². The van der Waals surface area contributed by atoms with Crippen LogP contribution in [0.4, 0.5) is 11.5 Å². The second kappa shape index (κ2) is 6.36. The molecule has 2 N–H and O–H groups in total. The normalized spacial score (nSPS) is 15.7. The summed E-state index contributed by atoms with van der Waals surface area (Å²) in [7, 11) is 0. The van der Waals surface area contributed by atoms with Gasteiger partial charge in [0.25, 0.3) is 11.6 Å². The number of nitrogens with zero attached hydrogens (tertiary/aromatic N) is 2. The van der Waals surface area contributed by atoms with Gasteiger partial charge in [-0.2, -0.15) is 0 Å². The first-order chi connectivity index (χ1) is 12.5. The van der Waals surface area contributed by atoms with E-state index in [4.69, 9.17) is 12.2 Å². The number of hydrogen-bond donors (Lipinski definition) is 2. The molecule has 0 bridgehead atoms. The number of non-ortho nitro benzene ring substituents is 1. The Balaban J connectivity index is 1.79. The number of carbonyl (C=O) groups is 1. The summed E-state index contributed by atoms with van der Waals surface area (Å²) in [4.78, 5) is 23.6. The van der Waals surface area contributed by atoms with Crippen LogP contribution in [-0.4, -0.2) is 15.4 Å². The van der Waals surface area contributed by atoms with Crippen molar-refractivity contribution in [2.45, 2.75) is 6.17 Å². The quantitative estimate of drug-likeness (QED) is 0.404. The minimum Gasteiger partial charge on any atom is -0.346 e. The number of fused-ring (bicyclic) bond motifs is 1. The summed E-state index contributed by atoms with van der Waals surface area (Å²) in [5.41, 5.74) is 1.40. The van der Waals surface area contributed by atoms with E-state index in [9.17, 15) is 14.9 Å². The lowest BCUT2D eigenvalue weighted by Crippen LogP contribution is -2.38. The van der Waals surface area contributed by atoms with E-state index in [-0.39, 0.29) is 11.6 Å². The lowest BCUT2D eigenvalue weighted by molar-refractivity contribution is -0.384. The van der Waals surface area contributed by atoms with Crippen LogP contribution in [0.5, 0.6) is 0 Å². The minimum atomic E-state index is -0.589. The van der Waals surface area contributed by atoms with Gasteiger partial charge < -0.3 is 10.6 Å². The first-order valence-corrected chi connectivity index (χ1v) is 8.90. The molecule has 1 atom stereocenters. The number of nitro benzene ring substituents is 1. The van der Waals surface area contributed by atoms with Crippen LogP contribution in [0.2, 0.25) is 0 Å². The zero-order chi connectivity index (χ0) is 18.3. The molecule has 130 valence electrons. The number of amides is 1. The van der Waals surface area contributed by atoms with Gasteiger partial charge in [0.1, 0.15) is 16.9 Å². The molecule has 0 saturated carbocycles. The van der Waals surface area contributed by atoms with E-state index in [1.165, 1.54) is 23.5 Å². The van der Waals surface area contributed by atoms with Gasteiger partial charge in [0.2, 0.25) is 0 Å². The summed E-state index contributed by atoms with van der Waals surface area (Å²) in [6.07, 6.45) is -0.589. The van der Waals surface area contributed by atoms with Crippen molar-refractivity contribution >= 4 is 41.0 Å². The summed E-state index contributed by atoms with van der Waals surface area (Å²) >= 11 is 6.66. The Labute approximate surface area is 157 Å². The molecule has 4 rings (SSSR count). The molecule has 1 amide bonds. The molecular weight excluding hydrogens is 372 g/mol. The Kier molecular flexibility index (Phi) is 4.02. The highest BCUT2D eigenvalue weighted by molar-refractivity contribution is 7.73. The molecule has 1 aliphatic heterocycles. The maximum absolute atomic E-state index is 12.6. The molecular formula is C17H12N4O3S2. The molecule has 7 nitrogen and oxygen atoms in total. The first kappa shape index (κ1) is 16.4. The van der Waals surface area contributed by atoms with Crippen molar-refractivity contribution in [1.29, 1.82) is 0 Å². The maximum atomic E-state index is 12.6. The number of aromatic nitrogens is 1. The average Bonchev–Trinajstić information content (AvgIpc) is 2.99. The van der Waals surface area contributed by atoms with Crippen LogP contribution in [0, 0.1) is 14.1 Å². The second-order valence-electron chi connectivity index (χ2n) is 5.62. The second-order valence-corrected chi connectivity index (χ2v) is 7.26. The van der Waals surface area contributed by atoms with E-state index in [0.29, 0.717) is 20.2 Å². The Morgan fingerprint density at radius 1 is 1.12 bits per heavy atom. The highest BCUT2D eigenvalue weighted by Gasteiger charge is 2.30. The lowest BCUT2D eigenvalue weighted by atomic mass is 10.1. The van der Waals surface area contributed by atoms with Crippen LogP contribution in [0.15, 0.2) is 54.6 Å². The number of rotatable bonds is 3. The molecule has 9 heteroatoms. The van der Waals surface area contributed by atoms with Crippen LogP contribution in [0.3, 0.4) is 0 Å². The predicted octanol–water partition coefficient (Wildman–Crippen LogP) is 4.03. The van der Waals surface area contributed by atoms with Gasteiger partial charge >= 0.3 is 0 Å². The monoisotopic (exact) mass is 384 g/mol. The summed E-state index contributed by atoms with van der Waals surface area (Å²) in [5.74, 6) is 0.326. The SMILES string of the molecule is O=C1N[C@H](c2cccc([N+](=O)[O-])c2)Nc2c1sc(=S)n2-c1ccccc1. The fraction of sp³-hybridized carbons (Fsp3) is 0.0588. The highest BCUT2D eigenvalue weighted by atomic mass is 32.1. The third-order valence-corrected chi connectivity index (χ3v) is 5.37. The van der Waals surface area contributed by atoms with Gasteiger partial charge in [-0.1, -0.05) is 41.7 Å². The van der Waals surface area contributed by atoms with Gasteiger partial charge in [0, 0.05) is 23.4 Å². The van der Waals surface area contributed by atoms with E-state index in [1.54, 1.807) is 16.7 Å². The van der Waals surface area contributed by atoms with Crippen LogP contribution < -0.4 is 10.6 Å². The third-order valence-electron chi connectivity index (χ3n) is 4.00. The van der Waals surface area contributed by atoms with Crippen molar-refractivity contribution in [3.63, 3.8) is 0 Å². The number of nitro groups is 1. The summed E-state index contributed by atoms with van der Waals surface area (Å²) in [6.45, 7) is 0. The molecule has 2 heterocycles. The van der Waals surface area contributed by atoms with Gasteiger partial charge in [-0.05, 0) is 24.4 Å². The van der Waals surface area contributed by atoms with Crippen LogP contribution in [0.1, 0.15) is 21.4 Å². The van der Waals surface area contributed by atoms with Crippen molar-refractivity contribution in [2.75, 3.05) is 5.32 Å². The van der Waals surface area contributed by atoms with Gasteiger partial charge in [0.15, 0.2) is 3.95 Å². The molecule has 1 aliphatic rings. The van der Waals surface area contributed by atoms with Gasteiger partial charge in [0.05, 0.1) is 4.92 Å². The van der Waals surface area contributed by atoms with Crippen LogP contribution in [0.25, 0.3) is 5.69 Å². The number of anilines is 1. The molecule has 0 unspecified atom stereocenters. The topological polar surface area (TPSA) is 89.2 Å². The molecule has 0 spiro atoms. The first-order valence-electron chi connectivity index (χ1n) is 7.67. The number of nitrogens with one attached hydrogen (secondary N) is 2. The Morgan fingerprint density at radius 3 is 2.62 bits per heavy atom. The van der Waals surface area contributed by atoms with E-state index >= 15 is 0 Å². The number of carbonyl (C=O) groups excluding carboxylic acids is 1. The van der Waals surface area contributed by atoms with Crippen LogP contribution in [-0.2, 0) is 0 Å². The van der Waals surface area contributed by atoms with Crippen molar-refractivity contribution in [1.82, 2.24) is 9.88 Å². The Hall–Kier alpha value is -3.04. The smallest absolute Gasteiger partial charge is 0.269 e. The van der Waals surface area contributed by atoms with Crippen molar-refractivity contribution in [2.24, 2.45) is 0 Å². The van der Waals surface area contributed by atoms with Crippen molar-refractivity contribution in [3.8, 4) is 5.69 Å². The molecule has 0 saturated heterocycles. The fourth-order valence-corrected chi connectivity index (χ4v) is 4.13. The molecule has 3 aromatic rings. The molecule has 0 aliphatic carbocycles. The van der Waals surface area contributed by atoms with Crippen molar-refractivity contribution in [3.05, 3.63) is 79.1 Å². The standard InChI is InChI=1S/C17H12N4O3S2/c22-16-13-15(20(17(25)26-13)11-6-2-1-3-7-11)18-14(19-16)10-5-4-8-12(9-10)21(23)24/h1-9,14,18H,(H,19,22)/t14-/m1/s1.